The van der Waals surface area contributed by atoms with Gasteiger partial charge < -0.3 is 20.1 Å². The van der Waals surface area contributed by atoms with Gasteiger partial charge in [0.15, 0.2) is 0 Å². The molecule has 0 spiro atoms. The summed E-state index contributed by atoms with van der Waals surface area (Å²) >= 11 is 1.64. The van der Waals surface area contributed by atoms with Gasteiger partial charge in [-0.25, -0.2) is 4.79 Å². The van der Waals surface area contributed by atoms with Crippen molar-refractivity contribution in [1.29, 1.82) is 0 Å². The molecule has 0 bridgehead atoms. The van der Waals surface area contributed by atoms with Crippen LogP contribution in [-0.4, -0.2) is 32.9 Å². The van der Waals surface area contributed by atoms with E-state index in [1.807, 2.05) is 29.6 Å². The number of rotatable bonds is 6. The van der Waals surface area contributed by atoms with Crippen LogP contribution in [0.1, 0.15) is 23.3 Å². The maximum Gasteiger partial charge on any atom is 0.315 e. The lowest BCUT2D eigenvalue weighted by Gasteiger charge is -2.38. The van der Waals surface area contributed by atoms with Gasteiger partial charge in [-0.3, -0.25) is 0 Å². The Kier molecular flexibility index (Phi) is 5.94. The van der Waals surface area contributed by atoms with E-state index in [-0.39, 0.29) is 11.4 Å². The van der Waals surface area contributed by atoms with Gasteiger partial charge in [0.2, 0.25) is 0 Å². The van der Waals surface area contributed by atoms with Crippen molar-refractivity contribution < 1.29 is 14.3 Å². The fourth-order valence-corrected chi connectivity index (χ4v) is 3.81. The molecular weight excluding hydrogens is 336 g/mol. The maximum absolute atomic E-state index is 12.2. The van der Waals surface area contributed by atoms with E-state index in [0.29, 0.717) is 26.3 Å². The van der Waals surface area contributed by atoms with Gasteiger partial charge in [-0.05, 0) is 42.0 Å². The van der Waals surface area contributed by atoms with Crippen molar-refractivity contribution in [1.82, 2.24) is 10.6 Å². The molecule has 1 aromatic heterocycles. The monoisotopic (exact) mass is 360 g/mol. The fraction of sp³-hybridized carbons (Fsp3) is 0.421. The first kappa shape index (κ1) is 17.8. The summed E-state index contributed by atoms with van der Waals surface area (Å²) in [6.07, 6.45) is 1.79. The highest BCUT2D eigenvalue weighted by atomic mass is 32.1. The molecule has 6 heteroatoms. The van der Waals surface area contributed by atoms with Gasteiger partial charge in [-0.2, -0.15) is 0 Å². The van der Waals surface area contributed by atoms with Crippen molar-refractivity contribution in [2.75, 3.05) is 26.9 Å². The molecular formula is C19H24N2O3S. The van der Waals surface area contributed by atoms with Gasteiger partial charge in [0.1, 0.15) is 5.75 Å². The number of hydrogen-bond donors (Lipinski definition) is 2. The molecule has 134 valence electrons. The van der Waals surface area contributed by atoms with Gasteiger partial charge in [-0.15, -0.1) is 11.3 Å². The molecule has 0 aliphatic carbocycles. The number of thiophene rings is 1. The Morgan fingerprint density at radius 3 is 2.60 bits per heavy atom. The number of urea groups is 1. The highest BCUT2D eigenvalue weighted by Crippen LogP contribution is 2.35. The second-order valence-corrected chi connectivity index (χ2v) is 7.27. The summed E-state index contributed by atoms with van der Waals surface area (Å²) in [5, 5.41) is 7.98. The van der Waals surface area contributed by atoms with Crippen LogP contribution in [0.15, 0.2) is 41.8 Å². The van der Waals surface area contributed by atoms with Crippen LogP contribution in [0.25, 0.3) is 0 Å². The van der Waals surface area contributed by atoms with E-state index in [9.17, 15) is 4.79 Å². The number of hydrogen-bond acceptors (Lipinski definition) is 4. The molecule has 0 atom stereocenters. The van der Waals surface area contributed by atoms with Crippen LogP contribution in [0.5, 0.6) is 5.75 Å². The molecule has 1 aromatic carbocycles. The van der Waals surface area contributed by atoms with Crippen molar-refractivity contribution in [3.63, 3.8) is 0 Å². The predicted octanol–water partition coefficient (Wildman–Crippen LogP) is 3.30. The minimum Gasteiger partial charge on any atom is -0.497 e. The Bertz CT molecular complexity index is 664. The van der Waals surface area contributed by atoms with Gasteiger partial charge >= 0.3 is 6.03 Å². The number of carbonyl (C=O) groups is 1. The molecule has 1 fully saturated rings. The molecule has 0 saturated carbocycles. The Morgan fingerprint density at radius 1 is 1.20 bits per heavy atom. The molecule has 25 heavy (non-hydrogen) atoms. The second kappa shape index (κ2) is 8.36. The van der Waals surface area contributed by atoms with Crippen molar-refractivity contribution in [3.05, 3.63) is 52.2 Å². The number of amides is 2. The van der Waals surface area contributed by atoms with Crippen molar-refractivity contribution in [2.45, 2.75) is 24.8 Å². The molecule has 0 unspecified atom stereocenters. The van der Waals surface area contributed by atoms with Crippen molar-refractivity contribution in [3.8, 4) is 5.75 Å². The van der Waals surface area contributed by atoms with E-state index >= 15 is 0 Å². The molecule has 2 heterocycles. The first-order valence-electron chi connectivity index (χ1n) is 8.48. The Labute approximate surface area is 152 Å². The standard InChI is InChI=1S/C19H24N2O3S/c1-23-16-6-4-15(5-7-16)19(8-10-24-11-9-19)14-21-18(22)20-13-17-3-2-12-25-17/h2-7,12H,8-11,13-14H2,1H3,(H2,20,21,22). The molecule has 0 radical (unpaired) electrons. The van der Waals surface area contributed by atoms with E-state index in [4.69, 9.17) is 9.47 Å². The summed E-state index contributed by atoms with van der Waals surface area (Å²) in [5.74, 6) is 0.840. The minimum absolute atomic E-state index is 0.0925. The molecule has 2 aromatic rings. The van der Waals surface area contributed by atoms with Gasteiger partial charge in [0.05, 0.1) is 13.7 Å². The minimum atomic E-state index is -0.132. The first-order chi connectivity index (χ1) is 12.2. The van der Waals surface area contributed by atoms with Crippen LogP contribution < -0.4 is 15.4 Å². The molecule has 1 aliphatic rings. The summed E-state index contributed by atoms with van der Waals surface area (Å²) < 4.78 is 10.8. The fourth-order valence-electron chi connectivity index (χ4n) is 3.17. The van der Waals surface area contributed by atoms with Crippen LogP contribution in [0, 0.1) is 0 Å². The molecule has 5 nitrogen and oxygen atoms in total. The van der Waals surface area contributed by atoms with E-state index in [1.54, 1.807) is 18.4 Å². The van der Waals surface area contributed by atoms with E-state index < -0.39 is 0 Å². The lowest BCUT2D eigenvalue weighted by Crippen LogP contribution is -2.47. The Balaban J connectivity index is 1.62. The number of carbonyl (C=O) groups excluding carboxylic acids is 1. The average molecular weight is 360 g/mol. The van der Waals surface area contributed by atoms with Crippen molar-refractivity contribution >= 4 is 17.4 Å². The number of benzene rings is 1. The highest BCUT2D eigenvalue weighted by molar-refractivity contribution is 7.09. The van der Waals surface area contributed by atoms with Crippen LogP contribution in [0.3, 0.4) is 0 Å². The SMILES string of the molecule is COc1ccc(C2(CNC(=O)NCc3cccs3)CCOCC2)cc1. The highest BCUT2D eigenvalue weighted by Gasteiger charge is 2.34. The normalized spacial score (nSPS) is 16.2. The zero-order valence-electron chi connectivity index (χ0n) is 14.4. The van der Waals surface area contributed by atoms with E-state index in [2.05, 4.69) is 22.8 Å². The van der Waals surface area contributed by atoms with E-state index in [0.717, 1.165) is 23.5 Å². The summed E-state index contributed by atoms with van der Waals surface area (Å²) in [5.41, 5.74) is 1.13. The van der Waals surface area contributed by atoms with Gasteiger partial charge in [0.25, 0.3) is 0 Å². The lowest BCUT2D eigenvalue weighted by atomic mass is 9.74. The predicted molar refractivity (Wildman–Crippen MR) is 99.3 cm³/mol. The molecule has 2 N–H and O–H groups in total. The van der Waals surface area contributed by atoms with Crippen LogP contribution >= 0.6 is 11.3 Å². The van der Waals surface area contributed by atoms with Crippen LogP contribution in [0.4, 0.5) is 4.79 Å². The third kappa shape index (κ3) is 4.52. The summed E-state index contributed by atoms with van der Waals surface area (Å²) in [7, 11) is 1.67. The number of nitrogens with one attached hydrogen (secondary N) is 2. The first-order valence-corrected chi connectivity index (χ1v) is 9.36. The molecule has 1 saturated heterocycles. The van der Waals surface area contributed by atoms with Gasteiger partial charge in [0, 0.05) is 30.1 Å². The number of ether oxygens (including phenoxy) is 2. The quantitative estimate of drug-likeness (QED) is 0.831. The number of methoxy groups -OCH3 is 1. The van der Waals surface area contributed by atoms with Gasteiger partial charge in [-0.1, -0.05) is 18.2 Å². The third-order valence-electron chi connectivity index (χ3n) is 4.74. The van der Waals surface area contributed by atoms with Crippen LogP contribution in [0.2, 0.25) is 0 Å². The molecule has 1 aliphatic heterocycles. The second-order valence-electron chi connectivity index (χ2n) is 6.24. The zero-order chi connectivity index (χ0) is 17.5. The topological polar surface area (TPSA) is 59.6 Å². The van der Waals surface area contributed by atoms with Crippen molar-refractivity contribution in [2.24, 2.45) is 0 Å². The average Bonchev–Trinajstić information content (AvgIpc) is 3.19. The smallest absolute Gasteiger partial charge is 0.315 e. The summed E-state index contributed by atoms with van der Waals surface area (Å²) in [6, 6.07) is 12.0. The molecule has 3 rings (SSSR count). The largest absolute Gasteiger partial charge is 0.497 e. The Hall–Kier alpha value is -2.05. The maximum atomic E-state index is 12.2. The third-order valence-corrected chi connectivity index (χ3v) is 5.62. The lowest BCUT2D eigenvalue weighted by molar-refractivity contribution is 0.0507. The zero-order valence-corrected chi connectivity index (χ0v) is 15.2. The summed E-state index contributed by atoms with van der Waals surface area (Å²) in [4.78, 5) is 13.3. The Morgan fingerprint density at radius 2 is 1.96 bits per heavy atom. The van der Waals surface area contributed by atoms with Crippen LogP contribution in [-0.2, 0) is 16.7 Å². The molecule has 2 amide bonds. The summed E-state index contributed by atoms with van der Waals surface area (Å²) in [6.45, 7) is 2.58. The van der Waals surface area contributed by atoms with E-state index in [1.165, 1.54) is 5.56 Å².